The van der Waals surface area contributed by atoms with E-state index in [-0.39, 0.29) is 18.0 Å². The van der Waals surface area contributed by atoms with E-state index in [1.807, 2.05) is 43.3 Å². The maximum Gasteiger partial charge on any atom is 0.294 e. The third kappa shape index (κ3) is 4.22. The van der Waals surface area contributed by atoms with Crippen LogP contribution in [0.2, 0.25) is 0 Å². The SMILES string of the molecule is Cc1ccc(NC(=O)CN2C(=O)S/C(=C\c3cn(CC#N)c4ccccc34)C2=O)cc1. The van der Waals surface area contributed by atoms with Crippen LogP contribution in [-0.4, -0.2) is 33.1 Å². The fourth-order valence-corrected chi connectivity index (χ4v) is 4.18. The summed E-state index contributed by atoms with van der Waals surface area (Å²) in [6.07, 6.45) is 3.42. The van der Waals surface area contributed by atoms with E-state index < -0.39 is 17.1 Å². The number of nitrogens with zero attached hydrogens (tertiary/aromatic N) is 3. The zero-order valence-electron chi connectivity index (χ0n) is 16.7. The van der Waals surface area contributed by atoms with Crippen molar-refractivity contribution in [3.63, 3.8) is 0 Å². The van der Waals surface area contributed by atoms with Crippen LogP contribution in [0.5, 0.6) is 0 Å². The van der Waals surface area contributed by atoms with Crippen molar-refractivity contribution in [1.29, 1.82) is 5.26 Å². The quantitative estimate of drug-likeness (QED) is 0.614. The Labute approximate surface area is 182 Å². The molecule has 0 spiro atoms. The Morgan fingerprint density at radius 3 is 2.65 bits per heavy atom. The van der Waals surface area contributed by atoms with Gasteiger partial charge in [0.15, 0.2) is 0 Å². The molecular weight excluding hydrogens is 412 g/mol. The number of fused-ring (bicyclic) bond motifs is 1. The van der Waals surface area contributed by atoms with Crippen LogP contribution in [0.1, 0.15) is 11.1 Å². The molecule has 1 N–H and O–H groups in total. The minimum absolute atomic E-state index is 0.176. The van der Waals surface area contributed by atoms with Gasteiger partial charge in [0.2, 0.25) is 5.91 Å². The molecule has 0 aliphatic carbocycles. The summed E-state index contributed by atoms with van der Waals surface area (Å²) in [7, 11) is 0. The topological polar surface area (TPSA) is 95.2 Å². The standard InChI is InChI=1S/C23H18N4O3S/c1-15-6-8-17(9-7-15)25-21(28)14-27-22(29)20(31-23(27)30)12-16-13-26(11-10-24)19-5-3-2-4-18(16)19/h2-9,12-13H,11,14H2,1H3,(H,25,28)/b20-12-. The summed E-state index contributed by atoms with van der Waals surface area (Å²) in [5.41, 5.74) is 3.26. The average molecular weight is 430 g/mol. The number of aryl methyl sites for hydroxylation is 1. The lowest BCUT2D eigenvalue weighted by molar-refractivity contribution is -0.127. The van der Waals surface area contributed by atoms with Crippen molar-refractivity contribution in [2.24, 2.45) is 0 Å². The van der Waals surface area contributed by atoms with Gasteiger partial charge in [-0.25, -0.2) is 0 Å². The van der Waals surface area contributed by atoms with Gasteiger partial charge in [0.1, 0.15) is 13.1 Å². The largest absolute Gasteiger partial charge is 0.333 e. The van der Waals surface area contributed by atoms with Crippen molar-refractivity contribution in [2.45, 2.75) is 13.5 Å². The van der Waals surface area contributed by atoms with Gasteiger partial charge in [-0.2, -0.15) is 5.26 Å². The lowest BCUT2D eigenvalue weighted by Crippen LogP contribution is -2.36. The molecule has 154 valence electrons. The molecule has 8 heteroatoms. The predicted octanol–water partition coefficient (Wildman–Crippen LogP) is 4.15. The molecule has 3 amide bonds. The molecule has 7 nitrogen and oxygen atoms in total. The first-order valence-corrected chi connectivity index (χ1v) is 10.3. The van der Waals surface area contributed by atoms with Crippen LogP contribution < -0.4 is 5.32 Å². The van der Waals surface area contributed by atoms with E-state index in [4.69, 9.17) is 5.26 Å². The normalized spacial score (nSPS) is 15.0. The van der Waals surface area contributed by atoms with E-state index in [2.05, 4.69) is 11.4 Å². The molecule has 0 unspecified atom stereocenters. The molecule has 1 aliphatic rings. The molecule has 0 atom stereocenters. The Morgan fingerprint density at radius 1 is 1.16 bits per heavy atom. The van der Waals surface area contributed by atoms with Crippen LogP contribution in [-0.2, 0) is 16.1 Å². The third-order valence-corrected chi connectivity index (χ3v) is 5.77. The van der Waals surface area contributed by atoms with E-state index in [9.17, 15) is 14.4 Å². The van der Waals surface area contributed by atoms with Crippen LogP contribution in [0, 0.1) is 18.3 Å². The van der Waals surface area contributed by atoms with Gasteiger partial charge in [-0.15, -0.1) is 0 Å². The lowest BCUT2D eigenvalue weighted by atomic mass is 10.1. The number of carbonyl (C=O) groups is 3. The number of carbonyl (C=O) groups excluding carboxylic acids is 3. The third-order valence-electron chi connectivity index (χ3n) is 4.86. The minimum atomic E-state index is -0.508. The molecule has 1 aliphatic heterocycles. The van der Waals surface area contributed by atoms with Crippen molar-refractivity contribution in [3.8, 4) is 6.07 Å². The minimum Gasteiger partial charge on any atom is -0.333 e. The summed E-state index contributed by atoms with van der Waals surface area (Å²) in [6, 6.07) is 16.9. The number of thioether (sulfide) groups is 1. The number of nitrogens with one attached hydrogen (secondary N) is 1. The van der Waals surface area contributed by atoms with E-state index in [1.165, 1.54) is 0 Å². The van der Waals surface area contributed by atoms with Crippen molar-refractivity contribution in [3.05, 3.63) is 70.8 Å². The maximum atomic E-state index is 12.8. The number of benzene rings is 2. The molecule has 1 saturated heterocycles. The second kappa shape index (κ2) is 8.50. The summed E-state index contributed by atoms with van der Waals surface area (Å²) in [4.78, 5) is 38.7. The average Bonchev–Trinajstić information content (AvgIpc) is 3.22. The van der Waals surface area contributed by atoms with Crippen LogP contribution in [0.15, 0.2) is 59.6 Å². The van der Waals surface area contributed by atoms with Gasteiger partial charge in [-0.05, 0) is 43.0 Å². The number of amides is 3. The predicted molar refractivity (Wildman–Crippen MR) is 120 cm³/mol. The number of hydrogen-bond donors (Lipinski definition) is 1. The molecule has 2 aromatic carbocycles. The van der Waals surface area contributed by atoms with Crippen molar-refractivity contribution < 1.29 is 14.4 Å². The summed E-state index contributed by atoms with van der Waals surface area (Å²) in [5, 5.41) is 12.1. The number of nitriles is 1. The first-order valence-electron chi connectivity index (χ1n) is 9.53. The molecular formula is C23H18N4O3S. The van der Waals surface area contributed by atoms with Crippen LogP contribution >= 0.6 is 11.8 Å². The summed E-state index contributed by atoms with van der Waals surface area (Å²) in [5.74, 6) is -0.954. The van der Waals surface area contributed by atoms with E-state index in [1.54, 1.807) is 29.0 Å². The Kier molecular flexibility index (Phi) is 5.60. The fraction of sp³-hybridized carbons (Fsp3) is 0.130. The first-order chi connectivity index (χ1) is 15.0. The molecule has 1 aromatic heterocycles. The molecule has 0 saturated carbocycles. The number of imide groups is 1. The summed E-state index contributed by atoms with van der Waals surface area (Å²) >= 11 is 0.802. The molecule has 31 heavy (non-hydrogen) atoms. The Bertz CT molecular complexity index is 1270. The van der Waals surface area contributed by atoms with Crippen molar-refractivity contribution >= 4 is 51.5 Å². The number of aromatic nitrogens is 1. The zero-order valence-corrected chi connectivity index (χ0v) is 17.5. The van der Waals surface area contributed by atoms with E-state index in [0.717, 1.165) is 38.7 Å². The maximum absolute atomic E-state index is 12.8. The van der Waals surface area contributed by atoms with Gasteiger partial charge in [-0.3, -0.25) is 19.3 Å². The van der Waals surface area contributed by atoms with Gasteiger partial charge in [-0.1, -0.05) is 35.9 Å². The van der Waals surface area contributed by atoms with Gasteiger partial charge in [0.25, 0.3) is 11.1 Å². The van der Waals surface area contributed by atoms with Crippen molar-refractivity contribution in [1.82, 2.24) is 9.47 Å². The highest BCUT2D eigenvalue weighted by atomic mass is 32.2. The van der Waals surface area contributed by atoms with Gasteiger partial charge in [0, 0.05) is 28.4 Å². The summed E-state index contributed by atoms with van der Waals surface area (Å²) < 4.78 is 1.79. The fourth-order valence-electron chi connectivity index (χ4n) is 3.36. The molecule has 3 aromatic rings. The van der Waals surface area contributed by atoms with Crippen LogP contribution in [0.4, 0.5) is 10.5 Å². The smallest absolute Gasteiger partial charge is 0.294 e. The number of para-hydroxylation sites is 1. The Hall–Kier alpha value is -3.83. The molecule has 0 radical (unpaired) electrons. The van der Waals surface area contributed by atoms with Gasteiger partial charge < -0.3 is 9.88 Å². The zero-order chi connectivity index (χ0) is 22.0. The Morgan fingerprint density at radius 2 is 1.90 bits per heavy atom. The molecule has 0 bridgehead atoms. The Balaban J connectivity index is 1.54. The molecule has 2 heterocycles. The number of hydrogen-bond acceptors (Lipinski definition) is 5. The van der Waals surface area contributed by atoms with Gasteiger partial charge >= 0.3 is 0 Å². The van der Waals surface area contributed by atoms with Crippen LogP contribution in [0.3, 0.4) is 0 Å². The summed E-state index contributed by atoms with van der Waals surface area (Å²) in [6.45, 7) is 1.76. The second-order valence-electron chi connectivity index (χ2n) is 7.07. The monoisotopic (exact) mass is 430 g/mol. The number of anilines is 1. The molecule has 1 fully saturated rings. The van der Waals surface area contributed by atoms with Crippen LogP contribution in [0.25, 0.3) is 17.0 Å². The van der Waals surface area contributed by atoms with Gasteiger partial charge in [0.05, 0.1) is 11.0 Å². The van der Waals surface area contributed by atoms with Crippen molar-refractivity contribution in [2.75, 3.05) is 11.9 Å². The lowest BCUT2D eigenvalue weighted by Gasteiger charge is -2.12. The highest BCUT2D eigenvalue weighted by molar-refractivity contribution is 8.18. The highest BCUT2D eigenvalue weighted by Gasteiger charge is 2.36. The molecule has 4 rings (SSSR count). The number of rotatable bonds is 5. The van der Waals surface area contributed by atoms with E-state index in [0.29, 0.717) is 5.69 Å². The first kappa shape index (κ1) is 20.4. The second-order valence-corrected chi connectivity index (χ2v) is 8.06. The highest BCUT2D eigenvalue weighted by Crippen LogP contribution is 2.34. The van der Waals surface area contributed by atoms with E-state index >= 15 is 0 Å².